The van der Waals surface area contributed by atoms with Crippen molar-refractivity contribution in [3.63, 3.8) is 0 Å². The number of hydrogen-bond acceptors (Lipinski definition) is 5. The Morgan fingerprint density at radius 1 is 1.52 bits per heavy atom. The van der Waals surface area contributed by atoms with Gasteiger partial charge in [-0.05, 0) is 31.7 Å². The molecule has 1 aliphatic carbocycles. The zero-order valence-electron chi connectivity index (χ0n) is 13.2. The Kier molecular flexibility index (Phi) is 4.64. The van der Waals surface area contributed by atoms with Crippen LogP contribution in [0.2, 0.25) is 5.02 Å². The summed E-state index contributed by atoms with van der Waals surface area (Å²) in [5.41, 5.74) is 7.45. The summed E-state index contributed by atoms with van der Waals surface area (Å²) in [6.45, 7) is 4.55. The van der Waals surface area contributed by atoms with Gasteiger partial charge in [-0.25, -0.2) is 4.98 Å². The molecule has 0 bridgehead atoms. The number of amides is 1. The maximum Gasteiger partial charge on any atom is 0.263 e. The van der Waals surface area contributed by atoms with Gasteiger partial charge in [-0.1, -0.05) is 24.9 Å². The van der Waals surface area contributed by atoms with E-state index in [1.807, 2.05) is 6.92 Å². The highest BCUT2D eigenvalue weighted by Gasteiger charge is 2.27. The van der Waals surface area contributed by atoms with Crippen LogP contribution in [0.1, 0.15) is 47.8 Å². The van der Waals surface area contributed by atoms with Crippen molar-refractivity contribution in [1.82, 2.24) is 10.3 Å². The Balaban J connectivity index is 1.97. The van der Waals surface area contributed by atoms with Gasteiger partial charge in [0.1, 0.15) is 14.7 Å². The van der Waals surface area contributed by atoms with Crippen LogP contribution in [0, 0.1) is 6.92 Å². The molecular formula is C16H20ClN3O2S. The van der Waals surface area contributed by atoms with Crippen LogP contribution >= 0.6 is 22.9 Å². The van der Waals surface area contributed by atoms with Crippen LogP contribution < -0.4 is 15.8 Å². The molecule has 0 aromatic carbocycles. The molecule has 0 unspecified atom stereocenters. The highest BCUT2D eigenvalue weighted by molar-refractivity contribution is 7.21. The summed E-state index contributed by atoms with van der Waals surface area (Å²) in [4.78, 5) is 18.0. The number of pyridine rings is 1. The SMILES string of the molecule is CCCCOc1nc2sc(C(=O)NC3CC3)c(N)c2c(C)c1Cl. The number of fused-ring (bicyclic) bond motifs is 1. The van der Waals surface area contributed by atoms with Crippen molar-refractivity contribution < 1.29 is 9.53 Å². The Morgan fingerprint density at radius 3 is 2.91 bits per heavy atom. The molecule has 3 rings (SSSR count). The van der Waals surface area contributed by atoms with Gasteiger partial charge in [-0.2, -0.15) is 0 Å². The number of anilines is 1. The second kappa shape index (κ2) is 6.53. The minimum absolute atomic E-state index is 0.128. The highest BCUT2D eigenvalue weighted by Crippen LogP contribution is 2.40. The molecule has 2 aromatic heterocycles. The van der Waals surface area contributed by atoms with Crippen LogP contribution in [0.3, 0.4) is 0 Å². The lowest BCUT2D eigenvalue weighted by atomic mass is 10.1. The Bertz CT molecular complexity index is 756. The largest absolute Gasteiger partial charge is 0.477 e. The fraction of sp³-hybridized carbons (Fsp3) is 0.500. The first-order chi connectivity index (χ1) is 11.0. The van der Waals surface area contributed by atoms with Crippen molar-refractivity contribution in [2.45, 2.75) is 45.6 Å². The van der Waals surface area contributed by atoms with Crippen LogP contribution in [0.25, 0.3) is 10.2 Å². The quantitative estimate of drug-likeness (QED) is 0.772. The standard InChI is InChI=1S/C16H20ClN3O2S/c1-3-4-7-22-15-11(17)8(2)10-12(18)13(23-16(10)20-15)14(21)19-9-5-6-9/h9H,3-7,18H2,1-2H3,(H,19,21). The van der Waals surface area contributed by atoms with Crippen molar-refractivity contribution >= 4 is 44.7 Å². The van der Waals surface area contributed by atoms with E-state index in [-0.39, 0.29) is 11.9 Å². The van der Waals surface area contributed by atoms with E-state index in [0.717, 1.165) is 36.6 Å². The summed E-state index contributed by atoms with van der Waals surface area (Å²) in [6, 6.07) is 0.290. The number of hydrogen-bond donors (Lipinski definition) is 2. The van der Waals surface area contributed by atoms with Gasteiger partial charge in [-0.3, -0.25) is 4.79 Å². The summed E-state index contributed by atoms with van der Waals surface area (Å²) in [5.74, 6) is 0.289. The molecule has 1 fully saturated rings. The van der Waals surface area contributed by atoms with E-state index < -0.39 is 0 Å². The van der Waals surface area contributed by atoms with Crippen LogP contribution in [-0.4, -0.2) is 23.5 Å². The van der Waals surface area contributed by atoms with Gasteiger partial charge in [0.25, 0.3) is 5.91 Å². The number of thiophene rings is 1. The number of unbranched alkanes of at least 4 members (excludes halogenated alkanes) is 1. The molecule has 5 nitrogen and oxygen atoms in total. The second-order valence-electron chi connectivity index (χ2n) is 5.83. The second-order valence-corrected chi connectivity index (χ2v) is 7.21. The summed E-state index contributed by atoms with van der Waals surface area (Å²) in [5, 5.41) is 4.18. The zero-order valence-corrected chi connectivity index (χ0v) is 14.8. The number of nitrogens with two attached hydrogens (primary N) is 1. The number of nitrogens with one attached hydrogen (secondary N) is 1. The van der Waals surface area contributed by atoms with Crippen LogP contribution in [0.4, 0.5) is 5.69 Å². The Labute approximate surface area is 144 Å². The molecule has 1 saturated carbocycles. The number of rotatable bonds is 6. The molecule has 0 atom stereocenters. The van der Waals surface area contributed by atoms with Gasteiger partial charge in [0.2, 0.25) is 5.88 Å². The third-order valence-electron chi connectivity index (χ3n) is 3.88. The molecule has 2 heterocycles. The van der Waals surface area contributed by atoms with Crippen molar-refractivity contribution in [1.29, 1.82) is 0 Å². The first-order valence-electron chi connectivity index (χ1n) is 7.84. The lowest BCUT2D eigenvalue weighted by molar-refractivity contribution is 0.0956. The summed E-state index contributed by atoms with van der Waals surface area (Å²) < 4.78 is 5.67. The van der Waals surface area contributed by atoms with Gasteiger partial charge < -0.3 is 15.8 Å². The topological polar surface area (TPSA) is 77.2 Å². The van der Waals surface area contributed by atoms with Gasteiger partial charge in [0, 0.05) is 11.4 Å². The third kappa shape index (κ3) is 3.23. The maximum atomic E-state index is 12.3. The molecule has 2 aromatic rings. The van der Waals surface area contributed by atoms with E-state index in [4.69, 9.17) is 22.1 Å². The molecular weight excluding hydrogens is 334 g/mol. The summed E-state index contributed by atoms with van der Waals surface area (Å²) in [7, 11) is 0. The molecule has 124 valence electrons. The van der Waals surface area contributed by atoms with Crippen molar-refractivity contribution in [3.05, 3.63) is 15.5 Å². The molecule has 0 saturated heterocycles. The minimum atomic E-state index is -0.128. The molecule has 1 aliphatic rings. The molecule has 3 N–H and O–H groups in total. The first-order valence-corrected chi connectivity index (χ1v) is 9.04. The van der Waals surface area contributed by atoms with Gasteiger partial charge >= 0.3 is 0 Å². The number of carbonyl (C=O) groups excluding carboxylic acids is 1. The number of ether oxygens (including phenoxy) is 1. The number of aryl methyl sites for hydroxylation is 1. The minimum Gasteiger partial charge on any atom is -0.477 e. The molecule has 1 amide bonds. The van der Waals surface area contributed by atoms with E-state index in [9.17, 15) is 4.79 Å². The number of carbonyl (C=O) groups is 1. The summed E-state index contributed by atoms with van der Waals surface area (Å²) in [6.07, 6.45) is 4.05. The molecule has 23 heavy (non-hydrogen) atoms. The monoisotopic (exact) mass is 353 g/mol. The fourth-order valence-corrected chi connectivity index (χ4v) is 3.58. The van der Waals surface area contributed by atoms with Crippen LogP contribution in [-0.2, 0) is 0 Å². The van der Waals surface area contributed by atoms with E-state index in [2.05, 4.69) is 17.2 Å². The molecule has 0 spiro atoms. The molecule has 0 aliphatic heterocycles. The van der Waals surface area contributed by atoms with E-state index in [1.54, 1.807) is 0 Å². The molecule has 0 radical (unpaired) electrons. The lowest BCUT2D eigenvalue weighted by Crippen LogP contribution is -2.25. The zero-order chi connectivity index (χ0) is 16.6. The smallest absolute Gasteiger partial charge is 0.263 e. The van der Waals surface area contributed by atoms with E-state index in [1.165, 1.54) is 11.3 Å². The average molecular weight is 354 g/mol. The normalized spacial score (nSPS) is 14.2. The average Bonchev–Trinajstić information content (AvgIpc) is 3.26. The lowest BCUT2D eigenvalue weighted by Gasteiger charge is -2.09. The van der Waals surface area contributed by atoms with Crippen LogP contribution in [0.5, 0.6) is 5.88 Å². The highest BCUT2D eigenvalue weighted by atomic mass is 35.5. The first kappa shape index (κ1) is 16.3. The molecule has 7 heteroatoms. The Morgan fingerprint density at radius 2 is 2.26 bits per heavy atom. The van der Waals surface area contributed by atoms with Crippen molar-refractivity contribution in [2.24, 2.45) is 0 Å². The van der Waals surface area contributed by atoms with Gasteiger partial charge in [0.15, 0.2) is 0 Å². The number of halogens is 1. The number of nitrogens with zero attached hydrogens (tertiary/aromatic N) is 1. The van der Waals surface area contributed by atoms with Crippen LogP contribution in [0.15, 0.2) is 0 Å². The third-order valence-corrected chi connectivity index (χ3v) is 5.42. The predicted molar refractivity (Wildman–Crippen MR) is 94.7 cm³/mol. The number of aromatic nitrogens is 1. The maximum absolute atomic E-state index is 12.3. The van der Waals surface area contributed by atoms with Crippen molar-refractivity contribution in [3.8, 4) is 5.88 Å². The fourth-order valence-electron chi connectivity index (χ4n) is 2.34. The van der Waals surface area contributed by atoms with E-state index in [0.29, 0.717) is 32.9 Å². The number of nitrogen functional groups attached to an aromatic ring is 1. The Hall–Kier alpha value is -1.53. The summed E-state index contributed by atoms with van der Waals surface area (Å²) >= 11 is 7.66. The van der Waals surface area contributed by atoms with Gasteiger partial charge in [0.05, 0.1) is 12.3 Å². The van der Waals surface area contributed by atoms with Crippen molar-refractivity contribution in [2.75, 3.05) is 12.3 Å². The predicted octanol–water partition coefficient (Wildman–Crippen LogP) is 3.91. The van der Waals surface area contributed by atoms with Gasteiger partial charge in [-0.15, -0.1) is 11.3 Å². The van der Waals surface area contributed by atoms with E-state index >= 15 is 0 Å².